The average molecular weight is 254 g/mol. The van der Waals surface area contributed by atoms with Gasteiger partial charge >= 0.3 is 0 Å². The van der Waals surface area contributed by atoms with Crippen LogP contribution in [-0.2, 0) is 19.5 Å². The summed E-state index contributed by atoms with van der Waals surface area (Å²) in [5.74, 6) is 0. The number of hydrogen-bond acceptors (Lipinski definition) is 0. The monoisotopic (exact) mass is 254 g/mol. The van der Waals surface area contributed by atoms with E-state index in [-0.39, 0.29) is 39.3 Å². The Labute approximate surface area is 77.9 Å². The van der Waals surface area contributed by atoms with Crippen molar-refractivity contribution in [2.24, 2.45) is 0 Å². The molecule has 0 aliphatic heterocycles. The summed E-state index contributed by atoms with van der Waals surface area (Å²) < 4.78 is 0. The van der Waals surface area contributed by atoms with Crippen molar-refractivity contribution in [1.29, 1.82) is 0 Å². The maximum Gasteiger partial charge on any atom is 0 e. The van der Waals surface area contributed by atoms with E-state index in [9.17, 15) is 0 Å². The maximum absolute atomic E-state index is 2.39. The summed E-state index contributed by atoms with van der Waals surface area (Å²) in [5, 5.41) is 0. The topological polar surface area (TPSA) is 0 Å². The summed E-state index contributed by atoms with van der Waals surface area (Å²) in [6.45, 7) is 0. The smallest absolute Gasteiger partial charge is 0 e. The Balaban J connectivity index is -0.000000120. The van der Waals surface area contributed by atoms with E-state index in [4.69, 9.17) is 0 Å². The summed E-state index contributed by atoms with van der Waals surface area (Å²) in [6.07, 6.45) is 9.50. The largest absolute Gasteiger partial charge is 0.328 e. The molecule has 1 aliphatic rings. The van der Waals surface area contributed by atoms with E-state index in [1.165, 1.54) is 32.1 Å². The number of hydrogen-bond donors (Lipinski definition) is 0. The standard InChI is InChI=1S/C6H11.2H3P.Rh/c1-2-4-6-5-3-1;;;/h1H,2-6H2;2*1H3;/q-1;;;. The van der Waals surface area contributed by atoms with Crippen molar-refractivity contribution in [2.75, 3.05) is 0 Å². The van der Waals surface area contributed by atoms with Crippen LogP contribution in [0.2, 0.25) is 0 Å². The molecule has 1 rings (SSSR count). The van der Waals surface area contributed by atoms with Gasteiger partial charge in [-0.3, -0.25) is 0 Å². The predicted octanol–water partition coefficient (Wildman–Crippen LogP) is 2.27. The van der Waals surface area contributed by atoms with Crippen LogP contribution in [0.1, 0.15) is 32.1 Å². The predicted molar refractivity (Wildman–Crippen MR) is 49.6 cm³/mol. The van der Waals surface area contributed by atoms with Gasteiger partial charge in [0.25, 0.3) is 0 Å². The van der Waals surface area contributed by atoms with E-state index in [2.05, 4.69) is 6.42 Å². The molecule has 1 radical (unpaired) electrons. The molecule has 2 unspecified atom stereocenters. The molecule has 61 valence electrons. The molecule has 0 aromatic heterocycles. The van der Waals surface area contributed by atoms with Crippen LogP contribution in [0.5, 0.6) is 0 Å². The van der Waals surface area contributed by atoms with E-state index in [1.54, 1.807) is 0 Å². The second-order valence-corrected chi connectivity index (χ2v) is 1.93. The molecule has 0 heterocycles. The molecule has 0 bridgehead atoms. The summed E-state index contributed by atoms with van der Waals surface area (Å²) in [7, 11) is 0. The first-order valence-corrected chi connectivity index (χ1v) is 2.82. The van der Waals surface area contributed by atoms with Crippen molar-refractivity contribution in [3.63, 3.8) is 0 Å². The molecule has 9 heavy (non-hydrogen) atoms. The first-order chi connectivity index (χ1) is 3.00. The van der Waals surface area contributed by atoms with Crippen molar-refractivity contribution in [3.05, 3.63) is 6.42 Å². The fourth-order valence-corrected chi connectivity index (χ4v) is 0.898. The molecule has 0 aromatic rings. The quantitative estimate of drug-likeness (QED) is 0.353. The molecule has 0 saturated heterocycles. The normalized spacial score (nSPS) is 16.0. The molecule has 0 aromatic carbocycles. The van der Waals surface area contributed by atoms with Gasteiger partial charge in [-0.2, -0.15) is 32.6 Å². The molecule has 1 aliphatic carbocycles. The van der Waals surface area contributed by atoms with Crippen molar-refractivity contribution in [3.8, 4) is 0 Å². The third-order valence-electron chi connectivity index (χ3n) is 1.32. The van der Waals surface area contributed by atoms with Crippen LogP contribution >= 0.6 is 19.8 Å². The molecule has 3 heteroatoms. The zero-order chi connectivity index (χ0) is 4.24. The average Bonchev–Trinajstić information content (AvgIpc) is 1.72. The van der Waals surface area contributed by atoms with Gasteiger partial charge in [-0.1, -0.05) is 19.3 Å². The van der Waals surface area contributed by atoms with E-state index < -0.39 is 0 Å². The molecule has 0 nitrogen and oxygen atoms in total. The molecule has 0 amide bonds. The molecule has 1 fully saturated rings. The van der Waals surface area contributed by atoms with Crippen LogP contribution in [0.15, 0.2) is 0 Å². The third kappa shape index (κ3) is 9.48. The van der Waals surface area contributed by atoms with Gasteiger partial charge in [0.1, 0.15) is 0 Å². The van der Waals surface area contributed by atoms with Gasteiger partial charge in [0, 0.05) is 19.5 Å². The van der Waals surface area contributed by atoms with E-state index in [0.717, 1.165) is 0 Å². The van der Waals surface area contributed by atoms with Gasteiger partial charge in [0.2, 0.25) is 0 Å². The summed E-state index contributed by atoms with van der Waals surface area (Å²) in [6, 6.07) is 0. The van der Waals surface area contributed by atoms with Crippen molar-refractivity contribution >= 4 is 19.8 Å². The Kier molecular flexibility index (Phi) is 22.8. The molecular weight excluding hydrogens is 237 g/mol. The van der Waals surface area contributed by atoms with Gasteiger partial charge in [-0.25, -0.2) is 0 Å². The van der Waals surface area contributed by atoms with Gasteiger partial charge in [-0.05, 0) is 0 Å². The van der Waals surface area contributed by atoms with Crippen LogP contribution in [0.25, 0.3) is 0 Å². The second-order valence-electron chi connectivity index (χ2n) is 1.93. The zero-order valence-electron chi connectivity index (χ0n) is 5.86. The van der Waals surface area contributed by atoms with Crippen molar-refractivity contribution in [1.82, 2.24) is 0 Å². The van der Waals surface area contributed by atoms with Crippen LogP contribution in [0.4, 0.5) is 0 Å². The maximum atomic E-state index is 2.39. The Morgan fingerprint density at radius 3 is 1.33 bits per heavy atom. The molecule has 2 atom stereocenters. The molecule has 1 saturated carbocycles. The van der Waals surface area contributed by atoms with Crippen molar-refractivity contribution < 1.29 is 19.5 Å². The summed E-state index contributed by atoms with van der Waals surface area (Å²) in [5.41, 5.74) is 0. The van der Waals surface area contributed by atoms with E-state index in [1.807, 2.05) is 0 Å². The molecular formula is C6H17P2Rh-. The van der Waals surface area contributed by atoms with Crippen LogP contribution in [0.3, 0.4) is 0 Å². The van der Waals surface area contributed by atoms with Crippen molar-refractivity contribution in [2.45, 2.75) is 32.1 Å². The Morgan fingerprint density at radius 2 is 1.22 bits per heavy atom. The molecule has 0 N–H and O–H groups in total. The Morgan fingerprint density at radius 1 is 0.778 bits per heavy atom. The van der Waals surface area contributed by atoms with Gasteiger partial charge in [-0.15, -0.1) is 0 Å². The minimum Gasteiger partial charge on any atom is -0.328 e. The van der Waals surface area contributed by atoms with Crippen LogP contribution < -0.4 is 0 Å². The van der Waals surface area contributed by atoms with Gasteiger partial charge in [0.05, 0.1) is 0 Å². The van der Waals surface area contributed by atoms with E-state index >= 15 is 0 Å². The fraction of sp³-hybridized carbons (Fsp3) is 0.833. The Bertz CT molecular complexity index is 26.5. The first-order valence-electron chi connectivity index (χ1n) is 2.82. The SMILES string of the molecule is P.P.[CH-]1CCCCC1.[Rh]. The number of rotatable bonds is 0. The minimum atomic E-state index is 0. The first kappa shape index (κ1) is 16.8. The zero-order valence-corrected chi connectivity index (χ0v) is 10.3. The van der Waals surface area contributed by atoms with Crippen LogP contribution in [0, 0.1) is 6.42 Å². The van der Waals surface area contributed by atoms with Gasteiger partial charge < -0.3 is 6.42 Å². The second kappa shape index (κ2) is 12.2. The van der Waals surface area contributed by atoms with Crippen LogP contribution in [-0.4, -0.2) is 0 Å². The molecule has 0 spiro atoms. The fourth-order valence-electron chi connectivity index (χ4n) is 0.898. The minimum absolute atomic E-state index is 0. The Hall–Kier alpha value is 1.48. The third-order valence-corrected chi connectivity index (χ3v) is 1.32. The summed E-state index contributed by atoms with van der Waals surface area (Å²) in [4.78, 5) is 0. The van der Waals surface area contributed by atoms with Gasteiger partial charge in [0.15, 0.2) is 0 Å². The van der Waals surface area contributed by atoms with E-state index in [0.29, 0.717) is 0 Å². The summed E-state index contributed by atoms with van der Waals surface area (Å²) >= 11 is 0.